The number of rotatable bonds is 5. The molecule has 0 amide bonds. The van der Waals surface area contributed by atoms with Crippen LogP contribution in [0.25, 0.3) is 0 Å². The van der Waals surface area contributed by atoms with Gasteiger partial charge in [0, 0.05) is 11.1 Å². The van der Waals surface area contributed by atoms with E-state index >= 15 is 0 Å². The lowest BCUT2D eigenvalue weighted by atomic mass is 10.0. The normalized spacial score (nSPS) is 11.6. The van der Waals surface area contributed by atoms with E-state index in [4.69, 9.17) is 10.4 Å². The Hall–Kier alpha value is -2.32. The Balaban J connectivity index is 2.26. The summed E-state index contributed by atoms with van der Waals surface area (Å²) in [6.07, 6.45) is 1.60. The predicted molar refractivity (Wildman–Crippen MR) is 80.2 cm³/mol. The number of carbonyl (C=O) groups is 1. The first-order valence-electron chi connectivity index (χ1n) is 6.43. The highest BCUT2D eigenvalue weighted by Gasteiger charge is 2.10. The predicted octanol–water partition coefficient (Wildman–Crippen LogP) is 3.49. The maximum absolute atomic E-state index is 10.9. The maximum Gasteiger partial charge on any atom is 0.307 e. The lowest BCUT2D eigenvalue weighted by Crippen LogP contribution is -2.02. The molecule has 0 aliphatic carbocycles. The zero-order valence-corrected chi connectivity index (χ0v) is 12.3. The molecule has 4 nitrogen and oxygen atoms in total. The van der Waals surface area contributed by atoms with Gasteiger partial charge in [-0.25, -0.2) is 4.98 Å². The second kappa shape index (κ2) is 6.91. The van der Waals surface area contributed by atoms with Crippen LogP contribution >= 0.6 is 11.8 Å². The van der Waals surface area contributed by atoms with Crippen molar-refractivity contribution in [2.75, 3.05) is 0 Å². The molecule has 1 N–H and O–H groups in total. The molecule has 1 unspecified atom stereocenters. The third-order valence-corrected chi connectivity index (χ3v) is 4.01. The van der Waals surface area contributed by atoms with Crippen LogP contribution in [-0.2, 0) is 11.2 Å². The number of aromatic nitrogens is 1. The fourth-order valence-electron chi connectivity index (χ4n) is 1.85. The standard InChI is InChI=1S/C16H14N2O2S/c1-11(10-17)12-4-2-6-14(8-12)21-16-13(9-15(19)20)5-3-7-18-16/h2-8,11H,9H2,1H3,(H,19,20). The van der Waals surface area contributed by atoms with Crippen LogP contribution < -0.4 is 0 Å². The van der Waals surface area contributed by atoms with Gasteiger partial charge >= 0.3 is 5.97 Å². The van der Waals surface area contributed by atoms with Crippen LogP contribution in [0.1, 0.15) is 24.0 Å². The minimum atomic E-state index is -0.878. The van der Waals surface area contributed by atoms with Crippen LogP contribution in [0.3, 0.4) is 0 Å². The lowest BCUT2D eigenvalue weighted by molar-refractivity contribution is -0.136. The zero-order valence-electron chi connectivity index (χ0n) is 11.5. The Labute approximate surface area is 127 Å². The molecular weight excluding hydrogens is 284 g/mol. The Kier molecular flexibility index (Phi) is 4.96. The van der Waals surface area contributed by atoms with E-state index in [1.807, 2.05) is 31.2 Å². The molecule has 0 saturated carbocycles. The first-order chi connectivity index (χ1) is 10.1. The van der Waals surface area contributed by atoms with Crippen molar-refractivity contribution in [2.24, 2.45) is 0 Å². The summed E-state index contributed by atoms with van der Waals surface area (Å²) in [4.78, 5) is 16.1. The number of pyridine rings is 1. The first kappa shape index (κ1) is 15.1. The van der Waals surface area contributed by atoms with E-state index in [-0.39, 0.29) is 12.3 Å². The quantitative estimate of drug-likeness (QED) is 0.914. The number of carboxylic acids is 1. The van der Waals surface area contributed by atoms with Crippen molar-refractivity contribution in [1.29, 1.82) is 5.26 Å². The van der Waals surface area contributed by atoms with Gasteiger partial charge in [-0.2, -0.15) is 5.26 Å². The summed E-state index contributed by atoms with van der Waals surface area (Å²) < 4.78 is 0. The van der Waals surface area contributed by atoms with Crippen LogP contribution in [0.15, 0.2) is 52.5 Å². The SMILES string of the molecule is CC(C#N)c1cccc(Sc2ncccc2CC(=O)O)c1. The average molecular weight is 298 g/mol. The summed E-state index contributed by atoms with van der Waals surface area (Å²) in [6.45, 7) is 1.85. The van der Waals surface area contributed by atoms with Crippen molar-refractivity contribution >= 4 is 17.7 Å². The number of hydrogen-bond acceptors (Lipinski definition) is 4. The number of nitriles is 1. The van der Waals surface area contributed by atoms with Crippen LogP contribution in [0, 0.1) is 11.3 Å². The van der Waals surface area contributed by atoms with E-state index in [9.17, 15) is 4.79 Å². The number of nitrogens with zero attached hydrogens (tertiary/aromatic N) is 2. The molecule has 1 atom stereocenters. The van der Waals surface area contributed by atoms with Crippen molar-refractivity contribution in [1.82, 2.24) is 4.98 Å². The fraction of sp³-hybridized carbons (Fsp3) is 0.188. The molecule has 0 aliphatic heterocycles. The topological polar surface area (TPSA) is 74.0 Å². The summed E-state index contributed by atoms with van der Waals surface area (Å²) >= 11 is 1.41. The highest BCUT2D eigenvalue weighted by Crippen LogP contribution is 2.30. The number of carboxylic acid groups (broad SMARTS) is 1. The van der Waals surface area contributed by atoms with Gasteiger partial charge in [0.2, 0.25) is 0 Å². The minimum absolute atomic E-state index is 0.0511. The summed E-state index contributed by atoms with van der Waals surface area (Å²) in [5, 5.41) is 18.6. The van der Waals surface area contributed by atoms with E-state index in [0.29, 0.717) is 10.6 Å². The van der Waals surface area contributed by atoms with Gasteiger partial charge in [-0.3, -0.25) is 4.79 Å². The summed E-state index contributed by atoms with van der Waals surface area (Å²) in [6, 6.07) is 13.4. The number of aliphatic carboxylic acids is 1. The Morgan fingerprint density at radius 2 is 2.24 bits per heavy atom. The molecule has 0 radical (unpaired) electrons. The molecule has 106 valence electrons. The largest absolute Gasteiger partial charge is 0.481 e. The molecule has 2 aromatic rings. The van der Waals surface area contributed by atoms with E-state index < -0.39 is 5.97 Å². The molecule has 1 aromatic carbocycles. The molecule has 0 bridgehead atoms. The molecular formula is C16H14N2O2S. The monoisotopic (exact) mass is 298 g/mol. The van der Waals surface area contributed by atoms with Gasteiger partial charge in [-0.15, -0.1) is 0 Å². The van der Waals surface area contributed by atoms with Gasteiger partial charge in [0.15, 0.2) is 0 Å². The summed E-state index contributed by atoms with van der Waals surface area (Å²) in [5.74, 6) is -1.05. The van der Waals surface area contributed by atoms with Crippen LogP contribution in [-0.4, -0.2) is 16.1 Å². The second-order valence-corrected chi connectivity index (χ2v) is 5.63. The van der Waals surface area contributed by atoms with E-state index in [0.717, 1.165) is 10.5 Å². The second-order valence-electron chi connectivity index (χ2n) is 4.56. The first-order valence-corrected chi connectivity index (χ1v) is 7.25. The highest BCUT2D eigenvalue weighted by atomic mass is 32.2. The Morgan fingerprint density at radius 1 is 1.43 bits per heavy atom. The van der Waals surface area contributed by atoms with Gasteiger partial charge < -0.3 is 5.11 Å². The molecule has 2 rings (SSSR count). The third kappa shape index (κ3) is 4.07. The molecule has 0 aliphatic rings. The van der Waals surface area contributed by atoms with E-state index in [2.05, 4.69) is 11.1 Å². The molecule has 0 spiro atoms. The van der Waals surface area contributed by atoms with Crippen LogP contribution in [0.5, 0.6) is 0 Å². The molecule has 0 fully saturated rings. The molecule has 1 aromatic heterocycles. The number of benzene rings is 1. The fourth-order valence-corrected chi connectivity index (χ4v) is 2.80. The average Bonchev–Trinajstić information content (AvgIpc) is 2.48. The van der Waals surface area contributed by atoms with Gasteiger partial charge in [0.25, 0.3) is 0 Å². The van der Waals surface area contributed by atoms with Gasteiger partial charge in [-0.1, -0.05) is 30.0 Å². The van der Waals surface area contributed by atoms with Gasteiger partial charge in [-0.05, 0) is 36.2 Å². The van der Waals surface area contributed by atoms with Crippen molar-refractivity contribution in [3.63, 3.8) is 0 Å². The van der Waals surface area contributed by atoms with Crippen molar-refractivity contribution < 1.29 is 9.90 Å². The minimum Gasteiger partial charge on any atom is -0.481 e. The maximum atomic E-state index is 10.9. The van der Waals surface area contributed by atoms with Crippen LogP contribution in [0.2, 0.25) is 0 Å². The lowest BCUT2D eigenvalue weighted by Gasteiger charge is -2.08. The van der Waals surface area contributed by atoms with Crippen LogP contribution in [0.4, 0.5) is 0 Å². The molecule has 5 heteroatoms. The van der Waals surface area contributed by atoms with E-state index in [1.54, 1.807) is 18.3 Å². The molecule has 0 saturated heterocycles. The number of hydrogen-bond donors (Lipinski definition) is 1. The van der Waals surface area contributed by atoms with Gasteiger partial charge in [0.1, 0.15) is 5.03 Å². The van der Waals surface area contributed by atoms with Crippen molar-refractivity contribution in [3.05, 3.63) is 53.7 Å². The Morgan fingerprint density at radius 3 is 2.95 bits per heavy atom. The van der Waals surface area contributed by atoms with E-state index in [1.165, 1.54) is 11.8 Å². The highest BCUT2D eigenvalue weighted by molar-refractivity contribution is 7.99. The smallest absolute Gasteiger partial charge is 0.307 e. The summed E-state index contributed by atoms with van der Waals surface area (Å²) in [5.41, 5.74) is 1.63. The molecule has 1 heterocycles. The Bertz CT molecular complexity index is 695. The van der Waals surface area contributed by atoms with Crippen molar-refractivity contribution in [2.45, 2.75) is 29.2 Å². The van der Waals surface area contributed by atoms with Gasteiger partial charge in [0.05, 0.1) is 18.4 Å². The molecule has 21 heavy (non-hydrogen) atoms. The third-order valence-electron chi connectivity index (χ3n) is 2.96. The van der Waals surface area contributed by atoms with Crippen molar-refractivity contribution in [3.8, 4) is 6.07 Å². The zero-order chi connectivity index (χ0) is 15.2. The summed E-state index contributed by atoms with van der Waals surface area (Å²) in [7, 11) is 0.